The van der Waals surface area contributed by atoms with Crippen LogP contribution in [0.3, 0.4) is 0 Å². The maximum Gasteiger partial charge on any atom is 0.430 e. The Balaban J connectivity index is 1.52. The number of carbonyl (C=O) groups is 3. The van der Waals surface area contributed by atoms with Gasteiger partial charge in [-0.15, -0.1) is 0 Å². The summed E-state index contributed by atoms with van der Waals surface area (Å²) in [6, 6.07) is 3.67. The minimum Gasteiger partial charge on any atom is -0.489 e. The number of piperazine rings is 1. The van der Waals surface area contributed by atoms with Gasteiger partial charge in [0.25, 0.3) is 11.5 Å². The van der Waals surface area contributed by atoms with Crippen LogP contribution < -0.4 is 15.0 Å². The summed E-state index contributed by atoms with van der Waals surface area (Å²) in [6.07, 6.45) is -7.99. The van der Waals surface area contributed by atoms with Gasteiger partial charge >= 0.3 is 18.4 Å². The quantitative estimate of drug-likeness (QED) is 0.294. The van der Waals surface area contributed by atoms with Crippen molar-refractivity contribution in [1.29, 1.82) is 0 Å². The van der Waals surface area contributed by atoms with Gasteiger partial charge in [-0.3, -0.25) is 19.5 Å². The summed E-state index contributed by atoms with van der Waals surface area (Å²) in [5.41, 5.74) is -7.48. The molecule has 4 rings (SSSR count). The third-order valence-electron chi connectivity index (χ3n) is 8.42. The van der Waals surface area contributed by atoms with Crippen LogP contribution in [-0.4, -0.2) is 87.9 Å². The number of ether oxygens (including phenoxy) is 1. The second-order valence-corrected chi connectivity index (χ2v) is 12.4. The lowest BCUT2D eigenvalue weighted by molar-refractivity contribution is -0.376. The molecule has 10 nitrogen and oxygen atoms in total. The molecule has 2 unspecified atom stereocenters. The molecule has 3 atom stereocenters. The number of aliphatic hydroxyl groups is 1. The highest BCUT2D eigenvalue weighted by Gasteiger charge is 2.71. The first-order valence-corrected chi connectivity index (χ1v) is 15.1. The first-order valence-electron chi connectivity index (χ1n) is 15.1. The van der Waals surface area contributed by atoms with E-state index in [-0.39, 0.29) is 36.1 Å². The molecule has 2 saturated heterocycles. The fraction of sp³-hybridized carbons (Fsp3) is 0.500. The van der Waals surface area contributed by atoms with E-state index in [0.29, 0.717) is 17.9 Å². The Morgan fingerprint density at radius 1 is 1.08 bits per heavy atom. The van der Waals surface area contributed by atoms with Crippen LogP contribution in [0.2, 0.25) is 0 Å². The zero-order valence-corrected chi connectivity index (χ0v) is 27.1. The Morgan fingerprint density at radius 3 is 2.27 bits per heavy atom. The predicted molar refractivity (Wildman–Crippen MR) is 163 cm³/mol. The van der Waals surface area contributed by atoms with Crippen molar-refractivity contribution in [2.45, 2.75) is 83.2 Å². The average Bonchev–Trinajstić information content (AvgIpc) is 3.20. The van der Waals surface area contributed by atoms with Crippen molar-refractivity contribution >= 4 is 29.6 Å². The number of allylic oxidation sites excluding steroid dienone is 1. The van der Waals surface area contributed by atoms with Gasteiger partial charge in [0.1, 0.15) is 12.3 Å². The number of alkyl halides is 6. The standard InChI is InChI=1S/C32H37F6N5O5/c1-7-8-21-13-22(30(47,31(33,34)35)32(36,37)38)9-11-24(21)41-15-20(5)42(16-19(41)4)26(44)17-43-27(45)29(6,40-28(43)46)25-12-10-23(14-39-25)48-18(2)3/h7-14,18-20,47H,15-17H2,1-6H3,(H,40,46)/b8-7-/t19?,20?,29-/m1/s1. The number of halogens is 6. The van der Waals surface area contributed by atoms with E-state index in [2.05, 4.69) is 10.3 Å². The van der Waals surface area contributed by atoms with Gasteiger partial charge in [0.15, 0.2) is 5.54 Å². The van der Waals surface area contributed by atoms with Crippen molar-refractivity contribution in [3.05, 3.63) is 59.4 Å². The number of rotatable bonds is 8. The van der Waals surface area contributed by atoms with E-state index in [1.807, 2.05) is 13.8 Å². The van der Waals surface area contributed by atoms with E-state index in [0.717, 1.165) is 11.0 Å². The van der Waals surface area contributed by atoms with E-state index in [1.54, 1.807) is 30.9 Å². The minimum atomic E-state index is -6.04. The number of hydrogen-bond acceptors (Lipinski definition) is 7. The Bertz CT molecular complexity index is 1560. The van der Waals surface area contributed by atoms with Gasteiger partial charge in [-0.1, -0.05) is 18.2 Å². The highest BCUT2D eigenvalue weighted by atomic mass is 19.4. The highest BCUT2D eigenvalue weighted by Crippen LogP contribution is 2.50. The maximum absolute atomic E-state index is 13.6. The Hall–Kier alpha value is -4.34. The number of benzene rings is 1. The second kappa shape index (κ2) is 12.9. The summed E-state index contributed by atoms with van der Waals surface area (Å²) in [4.78, 5) is 48.1. The van der Waals surface area contributed by atoms with Gasteiger partial charge in [-0.05, 0) is 71.4 Å². The van der Waals surface area contributed by atoms with E-state index in [9.17, 15) is 45.8 Å². The van der Waals surface area contributed by atoms with Crippen LogP contribution >= 0.6 is 0 Å². The van der Waals surface area contributed by atoms with Crippen LogP contribution in [0.4, 0.5) is 36.8 Å². The van der Waals surface area contributed by atoms with Crippen LogP contribution in [0.1, 0.15) is 58.4 Å². The van der Waals surface area contributed by atoms with E-state index < -0.39 is 65.5 Å². The summed E-state index contributed by atoms with van der Waals surface area (Å²) in [5, 5.41) is 12.5. The lowest BCUT2D eigenvalue weighted by Gasteiger charge is -2.46. The molecule has 0 aliphatic carbocycles. The Labute approximate surface area is 273 Å². The van der Waals surface area contributed by atoms with Gasteiger partial charge in [-0.25, -0.2) is 4.79 Å². The van der Waals surface area contributed by atoms with Crippen LogP contribution in [-0.2, 0) is 20.7 Å². The van der Waals surface area contributed by atoms with Crippen molar-refractivity contribution < 1.29 is 50.6 Å². The molecule has 2 aliphatic rings. The molecule has 4 amide bonds. The summed E-state index contributed by atoms with van der Waals surface area (Å²) in [6.45, 7) is 9.70. The fourth-order valence-corrected chi connectivity index (χ4v) is 5.91. The first kappa shape index (κ1) is 36.5. The molecule has 0 spiro atoms. The summed E-state index contributed by atoms with van der Waals surface area (Å²) in [7, 11) is 0. The first-order chi connectivity index (χ1) is 22.1. The monoisotopic (exact) mass is 685 g/mol. The molecule has 2 aromatic rings. The van der Waals surface area contributed by atoms with Crippen LogP contribution in [0.25, 0.3) is 6.08 Å². The van der Waals surface area contributed by atoms with Gasteiger partial charge in [0.05, 0.1) is 18.0 Å². The second-order valence-electron chi connectivity index (χ2n) is 12.4. The van der Waals surface area contributed by atoms with Crippen LogP contribution in [0, 0.1) is 0 Å². The molecule has 1 aromatic heterocycles. The molecule has 2 aliphatic heterocycles. The average molecular weight is 686 g/mol. The molecule has 3 heterocycles. The van der Waals surface area contributed by atoms with Gasteiger partial charge < -0.3 is 25.0 Å². The smallest absolute Gasteiger partial charge is 0.430 e. The number of amides is 4. The topological polar surface area (TPSA) is 115 Å². The molecular formula is C32H37F6N5O5. The lowest BCUT2D eigenvalue weighted by atomic mass is 9.89. The highest BCUT2D eigenvalue weighted by molar-refractivity contribution is 6.09. The lowest BCUT2D eigenvalue weighted by Crippen LogP contribution is -2.60. The number of carbonyl (C=O) groups excluding carboxylic acids is 3. The number of pyridine rings is 1. The molecule has 262 valence electrons. The Kier molecular flexibility index (Phi) is 9.83. The molecule has 2 N–H and O–H groups in total. The van der Waals surface area contributed by atoms with E-state index in [1.165, 1.54) is 37.1 Å². The molecule has 48 heavy (non-hydrogen) atoms. The zero-order valence-electron chi connectivity index (χ0n) is 27.1. The summed E-state index contributed by atoms with van der Waals surface area (Å²) >= 11 is 0. The number of imide groups is 1. The number of nitrogens with zero attached hydrogens (tertiary/aromatic N) is 4. The maximum atomic E-state index is 13.6. The third kappa shape index (κ3) is 6.54. The SMILES string of the molecule is C/C=C\c1cc(C(O)(C(F)(F)F)C(F)(F)F)ccc1N1CC(C)N(C(=O)CN2C(=O)N[C@](C)(c3ccc(OC(C)C)cn3)C2=O)CC1C. The number of anilines is 1. The van der Waals surface area contributed by atoms with Gasteiger partial charge in [-0.2, -0.15) is 26.3 Å². The number of hydrogen-bond donors (Lipinski definition) is 2. The zero-order chi connectivity index (χ0) is 36.0. The summed E-state index contributed by atoms with van der Waals surface area (Å²) < 4.78 is 87.0. The predicted octanol–water partition coefficient (Wildman–Crippen LogP) is 5.11. The normalized spacial score (nSPS) is 22.6. The van der Waals surface area contributed by atoms with Gasteiger partial charge in [0.2, 0.25) is 5.91 Å². The molecule has 0 radical (unpaired) electrons. The van der Waals surface area contributed by atoms with E-state index >= 15 is 0 Å². The van der Waals surface area contributed by atoms with Crippen LogP contribution in [0.5, 0.6) is 5.75 Å². The largest absolute Gasteiger partial charge is 0.489 e. The van der Waals surface area contributed by atoms with Crippen molar-refractivity contribution in [1.82, 2.24) is 20.1 Å². The van der Waals surface area contributed by atoms with E-state index in [4.69, 9.17) is 4.74 Å². The number of aromatic nitrogens is 1. The molecule has 0 saturated carbocycles. The number of urea groups is 1. The number of nitrogens with one attached hydrogen (secondary N) is 1. The molecular weight excluding hydrogens is 648 g/mol. The third-order valence-corrected chi connectivity index (χ3v) is 8.42. The fourth-order valence-electron chi connectivity index (χ4n) is 5.91. The Morgan fingerprint density at radius 2 is 1.73 bits per heavy atom. The molecule has 2 fully saturated rings. The molecule has 16 heteroatoms. The summed E-state index contributed by atoms with van der Waals surface area (Å²) in [5.74, 6) is -0.750. The van der Waals surface area contributed by atoms with Crippen molar-refractivity contribution in [2.75, 3.05) is 24.5 Å². The van der Waals surface area contributed by atoms with Crippen molar-refractivity contribution in [3.63, 3.8) is 0 Å². The van der Waals surface area contributed by atoms with Gasteiger partial charge in [0, 0.05) is 36.4 Å². The van der Waals surface area contributed by atoms with Crippen LogP contribution in [0.15, 0.2) is 42.6 Å². The molecule has 0 bridgehead atoms. The minimum absolute atomic E-state index is 0.00298. The van der Waals surface area contributed by atoms with Crippen molar-refractivity contribution in [2.24, 2.45) is 0 Å². The van der Waals surface area contributed by atoms with Crippen molar-refractivity contribution in [3.8, 4) is 5.75 Å². The molecule has 1 aromatic carbocycles.